The highest BCUT2D eigenvalue weighted by atomic mass is 79.9. The van der Waals surface area contributed by atoms with Gasteiger partial charge in [-0.05, 0) is 48.4 Å². The van der Waals surface area contributed by atoms with Gasteiger partial charge in [0.15, 0.2) is 6.10 Å². The van der Waals surface area contributed by atoms with Crippen molar-refractivity contribution in [3.63, 3.8) is 0 Å². The lowest BCUT2D eigenvalue weighted by Gasteiger charge is -2.34. The van der Waals surface area contributed by atoms with Crippen LogP contribution in [-0.4, -0.2) is 27.0 Å². The Bertz CT molecular complexity index is 1220. The van der Waals surface area contributed by atoms with Gasteiger partial charge in [-0.1, -0.05) is 58.4 Å². The van der Waals surface area contributed by atoms with Crippen molar-refractivity contribution in [3.8, 4) is 5.75 Å². The number of hydrogen-bond acceptors (Lipinski definition) is 4. The lowest BCUT2D eigenvalue weighted by Crippen LogP contribution is -2.49. The van der Waals surface area contributed by atoms with Gasteiger partial charge in [-0.25, -0.2) is 8.42 Å². The second kappa shape index (κ2) is 8.72. The quantitative estimate of drug-likeness (QED) is 0.559. The first-order valence-corrected chi connectivity index (χ1v) is 12.1. The minimum absolute atomic E-state index is 0.104. The first-order valence-electron chi connectivity index (χ1n) is 9.70. The summed E-state index contributed by atoms with van der Waals surface area (Å²) in [5.41, 5.74) is 2.70. The molecule has 6 nitrogen and oxygen atoms in total. The Hall–Kier alpha value is -2.84. The number of carbonyl (C=O) groups is 1. The van der Waals surface area contributed by atoms with E-state index in [9.17, 15) is 13.2 Å². The summed E-state index contributed by atoms with van der Waals surface area (Å²) in [5.74, 6) is -0.212. The van der Waals surface area contributed by atoms with Gasteiger partial charge in [-0.3, -0.25) is 9.10 Å². The molecule has 0 saturated heterocycles. The van der Waals surface area contributed by atoms with Gasteiger partial charge in [0.1, 0.15) is 5.75 Å². The summed E-state index contributed by atoms with van der Waals surface area (Å²) in [7, 11) is -3.73. The van der Waals surface area contributed by atoms with Crippen LogP contribution in [0.1, 0.15) is 11.1 Å². The molecule has 0 bridgehead atoms. The minimum Gasteiger partial charge on any atom is -0.476 e. The standard InChI is InChI=1S/C23H21BrN2O4S/c1-16-13-18(11-12-19(16)24)25-23(27)22-14-26(20-9-5-6-10-21(20)30-22)31(28,29)15-17-7-3-2-4-8-17/h2-13,22H,14-15H2,1H3,(H,25,27)/t22-/m1/s1. The zero-order chi connectivity index (χ0) is 22.0. The number of benzene rings is 3. The molecule has 3 aromatic rings. The predicted molar refractivity (Wildman–Crippen MR) is 125 cm³/mol. The van der Waals surface area contributed by atoms with E-state index in [-0.39, 0.29) is 12.3 Å². The van der Waals surface area contributed by atoms with E-state index in [2.05, 4.69) is 21.2 Å². The van der Waals surface area contributed by atoms with Crippen molar-refractivity contribution in [2.45, 2.75) is 18.8 Å². The molecule has 31 heavy (non-hydrogen) atoms. The maximum Gasteiger partial charge on any atom is 0.267 e. The summed E-state index contributed by atoms with van der Waals surface area (Å²) in [6.45, 7) is 1.82. The highest BCUT2D eigenvalue weighted by molar-refractivity contribution is 9.10. The molecule has 0 spiro atoms. The van der Waals surface area contributed by atoms with Crippen LogP contribution in [0.25, 0.3) is 0 Å². The molecule has 3 aromatic carbocycles. The third-order valence-corrected chi connectivity index (χ3v) is 7.59. The first kappa shape index (κ1) is 21.4. The largest absolute Gasteiger partial charge is 0.476 e. The molecule has 0 saturated carbocycles. The van der Waals surface area contributed by atoms with Crippen molar-refractivity contribution in [1.82, 2.24) is 0 Å². The van der Waals surface area contributed by atoms with Gasteiger partial charge in [0.05, 0.1) is 18.0 Å². The van der Waals surface area contributed by atoms with Gasteiger partial charge >= 0.3 is 0 Å². The molecule has 0 aliphatic carbocycles. The van der Waals surface area contributed by atoms with Crippen LogP contribution in [0, 0.1) is 6.92 Å². The monoisotopic (exact) mass is 500 g/mol. The Labute approximate surface area is 190 Å². The van der Waals surface area contributed by atoms with E-state index in [0.29, 0.717) is 22.7 Å². The molecular weight excluding hydrogens is 480 g/mol. The lowest BCUT2D eigenvalue weighted by atomic mass is 10.2. The van der Waals surface area contributed by atoms with Gasteiger partial charge in [-0.15, -0.1) is 0 Å². The Morgan fingerprint density at radius 1 is 1.10 bits per heavy atom. The van der Waals surface area contributed by atoms with Crippen molar-refractivity contribution in [1.29, 1.82) is 0 Å². The average Bonchev–Trinajstić information content (AvgIpc) is 2.76. The molecule has 8 heteroatoms. The Kier molecular flexibility index (Phi) is 6.02. The molecule has 0 unspecified atom stereocenters. The average molecular weight is 501 g/mol. The van der Waals surface area contributed by atoms with Crippen LogP contribution in [-0.2, 0) is 20.6 Å². The van der Waals surface area contributed by atoms with Crippen molar-refractivity contribution >= 4 is 43.2 Å². The molecule has 0 aromatic heterocycles. The first-order chi connectivity index (χ1) is 14.8. The molecule has 1 atom stereocenters. The molecule has 1 aliphatic heterocycles. The molecule has 0 fully saturated rings. The molecule has 160 valence electrons. The van der Waals surface area contributed by atoms with Gasteiger partial charge < -0.3 is 10.1 Å². The third kappa shape index (κ3) is 4.75. The van der Waals surface area contributed by atoms with Crippen LogP contribution in [0.4, 0.5) is 11.4 Å². The number of carbonyl (C=O) groups excluding carboxylic acids is 1. The smallest absolute Gasteiger partial charge is 0.267 e. The van der Waals surface area contributed by atoms with Gasteiger partial charge in [0, 0.05) is 10.2 Å². The van der Waals surface area contributed by atoms with E-state index in [1.165, 1.54) is 4.31 Å². The number of anilines is 2. The number of fused-ring (bicyclic) bond motifs is 1. The summed E-state index contributed by atoms with van der Waals surface area (Å²) in [5, 5.41) is 2.83. The van der Waals surface area contributed by atoms with Crippen LogP contribution >= 0.6 is 15.9 Å². The number of halogens is 1. The van der Waals surface area contributed by atoms with Crippen LogP contribution in [0.3, 0.4) is 0 Å². The number of nitrogens with one attached hydrogen (secondary N) is 1. The number of ether oxygens (including phenoxy) is 1. The second-order valence-corrected chi connectivity index (χ2v) is 10.0. The second-order valence-electron chi connectivity index (χ2n) is 7.30. The molecule has 0 radical (unpaired) electrons. The number of sulfonamides is 1. The fourth-order valence-electron chi connectivity index (χ4n) is 3.41. The molecule has 1 aliphatic rings. The minimum atomic E-state index is -3.73. The van der Waals surface area contributed by atoms with Gasteiger partial charge in [0.25, 0.3) is 5.91 Å². The summed E-state index contributed by atoms with van der Waals surface area (Å²) in [6, 6.07) is 21.3. The summed E-state index contributed by atoms with van der Waals surface area (Å²) in [4.78, 5) is 12.9. The van der Waals surface area contributed by atoms with Crippen molar-refractivity contribution in [3.05, 3.63) is 88.4 Å². The van der Waals surface area contributed by atoms with Crippen LogP contribution in [0.15, 0.2) is 77.3 Å². The summed E-state index contributed by atoms with van der Waals surface area (Å²) >= 11 is 3.44. The topological polar surface area (TPSA) is 75.7 Å². The normalized spacial score (nSPS) is 15.7. The van der Waals surface area contributed by atoms with Crippen molar-refractivity contribution in [2.75, 3.05) is 16.2 Å². The lowest BCUT2D eigenvalue weighted by molar-refractivity contribution is -0.122. The number of rotatable bonds is 5. The van der Waals surface area contributed by atoms with Crippen molar-refractivity contribution < 1.29 is 17.9 Å². The van der Waals surface area contributed by atoms with E-state index < -0.39 is 22.0 Å². The van der Waals surface area contributed by atoms with Crippen molar-refractivity contribution in [2.24, 2.45) is 0 Å². The fourth-order valence-corrected chi connectivity index (χ4v) is 5.24. The van der Waals surface area contributed by atoms with Crippen LogP contribution < -0.4 is 14.4 Å². The fraction of sp³-hybridized carbons (Fsp3) is 0.174. The Morgan fingerprint density at radius 3 is 2.55 bits per heavy atom. The molecule has 4 rings (SSSR count). The van der Waals surface area contributed by atoms with E-state index >= 15 is 0 Å². The number of nitrogens with zero attached hydrogens (tertiary/aromatic N) is 1. The molecule has 1 heterocycles. The number of aryl methyl sites for hydroxylation is 1. The maximum atomic E-state index is 13.3. The van der Waals surface area contributed by atoms with Gasteiger partial charge in [0.2, 0.25) is 10.0 Å². The zero-order valence-electron chi connectivity index (χ0n) is 16.8. The van der Waals surface area contributed by atoms with E-state index in [1.54, 1.807) is 54.6 Å². The zero-order valence-corrected chi connectivity index (χ0v) is 19.2. The predicted octanol–water partition coefficient (Wildman–Crippen LogP) is 4.49. The summed E-state index contributed by atoms with van der Waals surface area (Å²) in [6.07, 6.45) is -0.982. The highest BCUT2D eigenvalue weighted by Gasteiger charge is 2.36. The SMILES string of the molecule is Cc1cc(NC(=O)[C@H]2CN(S(=O)(=O)Cc3ccccc3)c3ccccc3O2)ccc1Br. The third-order valence-electron chi connectivity index (χ3n) is 4.98. The Morgan fingerprint density at radius 2 is 1.81 bits per heavy atom. The number of para-hydroxylation sites is 2. The van der Waals surface area contributed by atoms with E-state index in [0.717, 1.165) is 10.0 Å². The number of amides is 1. The number of hydrogen-bond donors (Lipinski definition) is 1. The van der Waals surface area contributed by atoms with Gasteiger partial charge in [-0.2, -0.15) is 0 Å². The maximum absolute atomic E-state index is 13.3. The summed E-state index contributed by atoms with van der Waals surface area (Å²) < 4.78 is 34.6. The van der Waals surface area contributed by atoms with E-state index in [4.69, 9.17) is 4.74 Å². The molecular formula is C23H21BrN2O4S. The highest BCUT2D eigenvalue weighted by Crippen LogP contribution is 2.36. The van der Waals surface area contributed by atoms with Crippen LogP contribution in [0.5, 0.6) is 5.75 Å². The van der Waals surface area contributed by atoms with Crippen LogP contribution in [0.2, 0.25) is 0 Å². The van der Waals surface area contributed by atoms with E-state index in [1.807, 2.05) is 25.1 Å². The molecule has 1 amide bonds. The Balaban J connectivity index is 1.60. The molecule has 1 N–H and O–H groups in total.